The fraction of sp³-hybridized carbons (Fsp3) is 0.571. The summed E-state index contributed by atoms with van der Waals surface area (Å²) in [6, 6.07) is 7.34. The summed E-state index contributed by atoms with van der Waals surface area (Å²) in [6.07, 6.45) is 1.86. The first-order chi connectivity index (χ1) is 9.44. The van der Waals surface area contributed by atoms with Gasteiger partial charge in [0, 0.05) is 19.7 Å². The standard InChI is InChI=1S/C14H22N2O3S/c1-14(7-4-8-19-14)11-16-20(17,18)10-13-6-3-2-5-12(13)9-15/h2-3,5-6,16H,4,7-11,15H2,1H3. The van der Waals surface area contributed by atoms with Gasteiger partial charge in [-0.25, -0.2) is 13.1 Å². The summed E-state index contributed by atoms with van der Waals surface area (Å²) in [5, 5.41) is 0. The van der Waals surface area contributed by atoms with Crippen molar-refractivity contribution in [3.63, 3.8) is 0 Å². The lowest BCUT2D eigenvalue weighted by molar-refractivity contribution is 0.0250. The van der Waals surface area contributed by atoms with E-state index in [1.807, 2.05) is 25.1 Å². The Morgan fingerprint density at radius 1 is 1.35 bits per heavy atom. The second kappa shape index (κ2) is 6.22. The predicted octanol–water partition coefficient (Wildman–Crippen LogP) is 1.13. The van der Waals surface area contributed by atoms with Gasteiger partial charge in [-0.1, -0.05) is 24.3 Å². The van der Waals surface area contributed by atoms with E-state index in [1.165, 1.54) is 0 Å². The first-order valence-electron chi connectivity index (χ1n) is 6.82. The van der Waals surface area contributed by atoms with Gasteiger partial charge in [0.15, 0.2) is 0 Å². The molecular formula is C14H22N2O3S. The molecule has 6 heteroatoms. The maximum Gasteiger partial charge on any atom is 0.215 e. The van der Waals surface area contributed by atoms with Crippen molar-refractivity contribution in [1.82, 2.24) is 4.72 Å². The zero-order valence-corrected chi connectivity index (χ0v) is 12.6. The third-order valence-corrected chi connectivity index (χ3v) is 4.93. The SMILES string of the molecule is CC1(CNS(=O)(=O)Cc2ccccc2CN)CCCO1. The number of sulfonamides is 1. The van der Waals surface area contributed by atoms with Gasteiger partial charge < -0.3 is 10.5 Å². The quantitative estimate of drug-likeness (QED) is 0.825. The highest BCUT2D eigenvalue weighted by atomic mass is 32.2. The molecule has 1 atom stereocenters. The normalized spacial score (nSPS) is 23.1. The van der Waals surface area contributed by atoms with Crippen molar-refractivity contribution in [1.29, 1.82) is 0 Å². The van der Waals surface area contributed by atoms with Crippen LogP contribution in [0.3, 0.4) is 0 Å². The molecule has 1 aliphatic rings. The molecule has 0 radical (unpaired) electrons. The molecule has 3 N–H and O–H groups in total. The lowest BCUT2D eigenvalue weighted by atomic mass is 10.0. The number of nitrogens with two attached hydrogens (primary N) is 1. The molecule has 0 amide bonds. The maximum atomic E-state index is 12.2. The predicted molar refractivity (Wildman–Crippen MR) is 78.6 cm³/mol. The van der Waals surface area contributed by atoms with Gasteiger partial charge in [-0.2, -0.15) is 0 Å². The number of benzene rings is 1. The largest absolute Gasteiger partial charge is 0.374 e. The summed E-state index contributed by atoms with van der Waals surface area (Å²) in [4.78, 5) is 0. The molecule has 1 aromatic rings. The Morgan fingerprint density at radius 2 is 2.05 bits per heavy atom. The molecular weight excluding hydrogens is 276 g/mol. The van der Waals surface area contributed by atoms with E-state index >= 15 is 0 Å². The zero-order valence-electron chi connectivity index (χ0n) is 11.8. The number of nitrogens with one attached hydrogen (secondary N) is 1. The van der Waals surface area contributed by atoms with Crippen LogP contribution in [-0.2, 0) is 27.1 Å². The van der Waals surface area contributed by atoms with Crippen molar-refractivity contribution in [3.05, 3.63) is 35.4 Å². The van der Waals surface area contributed by atoms with Crippen LogP contribution in [0.5, 0.6) is 0 Å². The second-order valence-corrected chi connectivity index (χ2v) is 7.26. The molecule has 0 aromatic heterocycles. The van der Waals surface area contributed by atoms with Crippen LogP contribution in [0.1, 0.15) is 30.9 Å². The van der Waals surface area contributed by atoms with Gasteiger partial charge in [-0.3, -0.25) is 0 Å². The Hall–Kier alpha value is -0.950. The molecule has 0 saturated carbocycles. The fourth-order valence-electron chi connectivity index (χ4n) is 2.39. The van der Waals surface area contributed by atoms with E-state index in [0.717, 1.165) is 24.0 Å². The third-order valence-electron chi connectivity index (χ3n) is 3.65. The molecule has 20 heavy (non-hydrogen) atoms. The Bertz CT molecular complexity index is 551. The van der Waals surface area contributed by atoms with Crippen LogP contribution in [0.25, 0.3) is 0 Å². The number of ether oxygens (including phenoxy) is 1. The van der Waals surface area contributed by atoms with Crippen LogP contribution in [-0.4, -0.2) is 27.2 Å². The maximum absolute atomic E-state index is 12.2. The molecule has 1 heterocycles. The highest BCUT2D eigenvalue weighted by Crippen LogP contribution is 2.24. The van der Waals surface area contributed by atoms with E-state index in [9.17, 15) is 8.42 Å². The van der Waals surface area contributed by atoms with Gasteiger partial charge in [0.1, 0.15) is 0 Å². The van der Waals surface area contributed by atoms with Gasteiger partial charge >= 0.3 is 0 Å². The molecule has 1 aliphatic heterocycles. The minimum Gasteiger partial charge on any atom is -0.374 e. The summed E-state index contributed by atoms with van der Waals surface area (Å²) in [5.74, 6) is -0.0452. The molecule has 0 spiro atoms. The van der Waals surface area contributed by atoms with E-state index in [2.05, 4.69) is 4.72 Å². The first kappa shape index (κ1) is 15.4. The second-order valence-electron chi connectivity index (χ2n) is 5.45. The van der Waals surface area contributed by atoms with E-state index in [1.54, 1.807) is 6.07 Å². The number of hydrogen-bond donors (Lipinski definition) is 2. The van der Waals surface area contributed by atoms with Gasteiger partial charge in [0.05, 0.1) is 11.4 Å². The van der Waals surface area contributed by atoms with Crippen LogP contribution < -0.4 is 10.5 Å². The van der Waals surface area contributed by atoms with Gasteiger partial charge in [-0.15, -0.1) is 0 Å². The summed E-state index contributed by atoms with van der Waals surface area (Å²) in [6.45, 7) is 3.30. The molecule has 1 aromatic carbocycles. The van der Waals surface area contributed by atoms with Gasteiger partial charge in [0.2, 0.25) is 10.0 Å². The van der Waals surface area contributed by atoms with Crippen molar-refractivity contribution in [2.45, 2.75) is 37.7 Å². The number of hydrogen-bond acceptors (Lipinski definition) is 4. The Kier molecular flexibility index (Phi) is 4.80. The molecule has 1 unspecified atom stereocenters. The molecule has 2 rings (SSSR count). The summed E-state index contributed by atoms with van der Waals surface area (Å²) < 4.78 is 32.6. The topological polar surface area (TPSA) is 81.4 Å². The van der Waals surface area contributed by atoms with Crippen molar-refractivity contribution in [3.8, 4) is 0 Å². The van der Waals surface area contributed by atoms with Crippen LogP contribution in [0.2, 0.25) is 0 Å². The summed E-state index contributed by atoms with van der Waals surface area (Å²) in [7, 11) is -3.38. The van der Waals surface area contributed by atoms with E-state index in [0.29, 0.717) is 19.7 Å². The molecule has 1 saturated heterocycles. The van der Waals surface area contributed by atoms with Gasteiger partial charge in [0.25, 0.3) is 0 Å². The van der Waals surface area contributed by atoms with Gasteiger partial charge in [-0.05, 0) is 30.9 Å². The van der Waals surface area contributed by atoms with E-state index in [4.69, 9.17) is 10.5 Å². The monoisotopic (exact) mass is 298 g/mol. The molecule has 0 aliphatic carbocycles. The average Bonchev–Trinajstić information content (AvgIpc) is 2.85. The number of rotatable bonds is 6. The smallest absolute Gasteiger partial charge is 0.215 e. The minimum absolute atomic E-state index is 0.0452. The van der Waals surface area contributed by atoms with Crippen molar-refractivity contribution in [2.24, 2.45) is 5.73 Å². The summed E-state index contributed by atoms with van der Waals surface area (Å²) >= 11 is 0. The lowest BCUT2D eigenvalue weighted by Crippen LogP contribution is -2.40. The van der Waals surface area contributed by atoms with Crippen molar-refractivity contribution in [2.75, 3.05) is 13.2 Å². The van der Waals surface area contributed by atoms with Crippen molar-refractivity contribution < 1.29 is 13.2 Å². The fourth-order valence-corrected chi connectivity index (χ4v) is 3.71. The van der Waals surface area contributed by atoms with Crippen LogP contribution in [0.4, 0.5) is 0 Å². The highest BCUT2D eigenvalue weighted by molar-refractivity contribution is 7.88. The lowest BCUT2D eigenvalue weighted by Gasteiger charge is -2.23. The van der Waals surface area contributed by atoms with Crippen molar-refractivity contribution >= 4 is 10.0 Å². The van der Waals surface area contributed by atoms with Crippen LogP contribution in [0, 0.1) is 0 Å². The average molecular weight is 298 g/mol. The van der Waals surface area contributed by atoms with Crippen LogP contribution in [0.15, 0.2) is 24.3 Å². The summed E-state index contributed by atoms with van der Waals surface area (Å²) in [5.41, 5.74) is 6.87. The Labute approximate surface area is 120 Å². The Morgan fingerprint density at radius 3 is 2.65 bits per heavy atom. The molecule has 112 valence electrons. The van der Waals surface area contributed by atoms with Crippen LogP contribution >= 0.6 is 0 Å². The van der Waals surface area contributed by atoms with E-state index in [-0.39, 0.29) is 11.4 Å². The molecule has 5 nitrogen and oxygen atoms in total. The zero-order chi connectivity index (χ0) is 14.6. The minimum atomic E-state index is -3.38. The first-order valence-corrected chi connectivity index (χ1v) is 8.47. The molecule has 0 bridgehead atoms. The van der Waals surface area contributed by atoms with E-state index < -0.39 is 10.0 Å². The molecule has 1 fully saturated rings. The Balaban J connectivity index is 2.00. The third kappa shape index (κ3) is 4.02. The highest BCUT2D eigenvalue weighted by Gasteiger charge is 2.31.